The largest absolute Gasteiger partial charge is 0.354 e. The molecule has 7 nitrogen and oxygen atoms in total. The second-order valence-electron chi connectivity index (χ2n) is 6.41. The standard InChI is InChI=1S/C19H23N7/c1-3-20-19-22-14(2)12-17(24-19)25-8-10-26(11-9-25)18-13-21-15-6-4-5-7-16(15)23-18/h4-7,12-13H,3,8-11H2,1-2H3,(H,20,22,24). The van der Waals surface area contributed by atoms with Crippen LogP contribution in [0.2, 0.25) is 0 Å². The molecule has 0 amide bonds. The van der Waals surface area contributed by atoms with Gasteiger partial charge in [-0.2, -0.15) is 4.98 Å². The van der Waals surface area contributed by atoms with Gasteiger partial charge in [0.2, 0.25) is 5.95 Å². The molecule has 3 aromatic rings. The minimum Gasteiger partial charge on any atom is -0.354 e. The van der Waals surface area contributed by atoms with Crippen molar-refractivity contribution in [2.45, 2.75) is 13.8 Å². The summed E-state index contributed by atoms with van der Waals surface area (Å²) in [6, 6.07) is 10.0. The number of nitrogens with one attached hydrogen (secondary N) is 1. The summed E-state index contributed by atoms with van der Waals surface area (Å²) in [6.45, 7) is 8.46. The highest BCUT2D eigenvalue weighted by molar-refractivity contribution is 5.75. The van der Waals surface area contributed by atoms with E-state index in [1.165, 1.54) is 0 Å². The molecule has 0 unspecified atom stereocenters. The van der Waals surface area contributed by atoms with Crippen molar-refractivity contribution in [3.63, 3.8) is 0 Å². The number of nitrogens with zero attached hydrogens (tertiary/aromatic N) is 6. The van der Waals surface area contributed by atoms with Crippen molar-refractivity contribution < 1.29 is 0 Å². The number of para-hydroxylation sites is 2. The van der Waals surface area contributed by atoms with Gasteiger partial charge in [0.15, 0.2) is 0 Å². The number of rotatable bonds is 4. The normalized spacial score (nSPS) is 14.7. The summed E-state index contributed by atoms with van der Waals surface area (Å²) in [5, 5.41) is 3.20. The quantitative estimate of drug-likeness (QED) is 0.776. The number of fused-ring (bicyclic) bond motifs is 1. The van der Waals surface area contributed by atoms with Crippen LogP contribution in [0.5, 0.6) is 0 Å². The van der Waals surface area contributed by atoms with Crippen LogP contribution in [-0.4, -0.2) is 52.7 Å². The Bertz CT molecular complexity index is 903. The first-order chi connectivity index (χ1) is 12.7. The third-order valence-electron chi connectivity index (χ3n) is 4.54. The Morgan fingerprint density at radius 1 is 0.923 bits per heavy atom. The Labute approximate surface area is 153 Å². The average Bonchev–Trinajstić information content (AvgIpc) is 2.67. The predicted molar refractivity (Wildman–Crippen MR) is 105 cm³/mol. The van der Waals surface area contributed by atoms with E-state index in [0.717, 1.165) is 61.1 Å². The fourth-order valence-electron chi connectivity index (χ4n) is 3.22. The fraction of sp³-hybridized carbons (Fsp3) is 0.368. The molecule has 1 N–H and O–H groups in total. The number of anilines is 3. The van der Waals surface area contributed by atoms with E-state index in [9.17, 15) is 0 Å². The maximum atomic E-state index is 4.76. The van der Waals surface area contributed by atoms with E-state index in [1.54, 1.807) is 0 Å². The summed E-state index contributed by atoms with van der Waals surface area (Å²) in [5.41, 5.74) is 2.85. The molecule has 4 rings (SSSR count). The molecule has 2 aromatic heterocycles. The molecule has 134 valence electrons. The minimum atomic E-state index is 0.699. The van der Waals surface area contributed by atoms with Crippen molar-refractivity contribution in [3.8, 4) is 0 Å². The van der Waals surface area contributed by atoms with Crippen LogP contribution in [0, 0.1) is 6.92 Å². The van der Waals surface area contributed by atoms with Gasteiger partial charge in [-0.15, -0.1) is 0 Å². The smallest absolute Gasteiger partial charge is 0.224 e. The lowest BCUT2D eigenvalue weighted by Gasteiger charge is -2.36. The van der Waals surface area contributed by atoms with Gasteiger partial charge in [0.25, 0.3) is 0 Å². The maximum absolute atomic E-state index is 4.76. The second kappa shape index (κ2) is 7.11. The van der Waals surface area contributed by atoms with E-state index in [1.807, 2.05) is 43.5 Å². The highest BCUT2D eigenvalue weighted by Crippen LogP contribution is 2.20. The van der Waals surface area contributed by atoms with Crippen LogP contribution < -0.4 is 15.1 Å². The van der Waals surface area contributed by atoms with E-state index in [0.29, 0.717) is 5.95 Å². The van der Waals surface area contributed by atoms with Crippen LogP contribution in [0.4, 0.5) is 17.6 Å². The number of hydrogen-bond donors (Lipinski definition) is 1. The first-order valence-corrected chi connectivity index (χ1v) is 9.04. The van der Waals surface area contributed by atoms with Crippen molar-refractivity contribution in [2.24, 2.45) is 0 Å². The fourth-order valence-corrected chi connectivity index (χ4v) is 3.22. The van der Waals surface area contributed by atoms with Crippen molar-refractivity contribution in [1.29, 1.82) is 0 Å². The van der Waals surface area contributed by atoms with Crippen molar-refractivity contribution in [2.75, 3.05) is 47.8 Å². The molecular weight excluding hydrogens is 326 g/mol. The van der Waals surface area contributed by atoms with Gasteiger partial charge in [-0.25, -0.2) is 9.97 Å². The summed E-state index contributed by atoms with van der Waals surface area (Å²) in [4.78, 5) is 23.0. The minimum absolute atomic E-state index is 0.699. The van der Waals surface area contributed by atoms with Gasteiger partial charge in [-0.05, 0) is 26.0 Å². The molecule has 3 heterocycles. The number of benzene rings is 1. The first kappa shape index (κ1) is 16.5. The molecule has 0 bridgehead atoms. The molecule has 26 heavy (non-hydrogen) atoms. The van der Waals surface area contributed by atoms with Gasteiger partial charge >= 0.3 is 0 Å². The Balaban J connectivity index is 1.48. The number of hydrogen-bond acceptors (Lipinski definition) is 7. The van der Waals surface area contributed by atoms with E-state index >= 15 is 0 Å². The molecule has 1 aliphatic heterocycles. The second-order valence-corrected chi connectivity index (χ2v) is 6.41. The van der Waals surface area contributed by atoms with E-state index in [4.69, 9.17) is 4.98 Å². The van der Waals surface area contributed by atoms with Crippen molar-refractivity contribution >= 4 is 28.6 Å². The van der Waals surface area contributed by atoms with Crippen molar-refractivity contribution in [3.05, 3.63) is 42.2 Å². The zero-order chi connectivity index (χ0) is 17.9. The van der Waals surface area contributed by atoms with Crippen LogP contribution in [0.15, 0.2) is 36.5 Å². The highest BCUT2D eigenvalue weighted by atomic mass is 15.3. The molecule has 1 fully saturated rings. The van der Waals surface area contributed by atoms with Gasteiger partial charge in [-0.1, -0.05) is 12.1 Å². The van der Waals surface area contributed by atoms with Crippen molar-refractivity contribution in [1.82, 2.24) is 19.9 Å². The third kappa shape index (κ3) is 3.37. The molecule has 1 aliphatic rings. The predicted octanol–water partition coefficient (Wildman–Crippen LogP) is 2.49. The molecular formula is C19H23N7. The van der Waals surface area contributed by atoms with Crippen LogP contribution >= 0.6 is 0 Å². The molecule has 0 radical (unpaired) electrons. The molecule has 1 saturated heterocycles. The van der Waals surface area contributed by atoms with E-state index < -0.39 is 0 Å². The first-order valence-electron chi connectivity index (χ1n) is 9.04. The summed E-state index contributed by atoms with van der Waals surface area (Å²) >= 11 is 0. The monoisotopic (exact) mass is 349 g/mol. The topological polar surface area (TPSA) is 70.1 Å². The Morgan fingerprint density at radius 3 is 2.35 bits per heavy atom. The van der Waals surface area contributed by atoms with E-state index in [-0.39, 0.29) is 0 Å². The number of aromatic nitrogens is 4. The molecule has 0 saturated carbocycles. The van der Waals surface area contributed by atoms with Gasteiger partial charge in [0, 0.05) is 44.5 Å². The molecule has 0 atom stereocenters. The highest BCUT2D eigenvalue weighted by Gasteiger charge is 2.20. The van der Waals surface area contributed by atoms with Gasteiger partial charge in [0.1, 0.15) is 11.6 Å². The lowest BCUT2D eigenvalue weighted by atomic mass is 10.3. The number of aryl methyl sites for hydroxylation is 1. The molecule has 0 spiro atoms. The van der Waals surface area contributed by atoms with Crippen LogP contribution in [0.1, 0.15) is 12.6 Å². The summed E-state index contributed by atoms with van der Waals surface area (Å²) in [6.07, 6.45) is 1.87. The molecule has 0 aliphatic carbocycles. The van der Waals surface area contributed by atoms with Crippen LogP contribution in [-0.2, 0) is 0 Å². The summed E-state index contributed by atoms with van der Waals surface area (Å²) in [7, 11) is 0. The Hall–Kier alpha value is -2.96. The molecule has 1 aromatic carbocycles. The molecule has 7 heteroatoms. The van der Waals surface area contributed by atoms with Gasteiger partial charge in [-0.3, -0.25) is 4.98 Å². The zero-order valence-corrected chi connectivity index (χ0v) is 15.2. The van der Waals surface area contributed by atoms with Crippen LogP contribution in [0.25, 0.3) is 11.0 Å². The number of piperazine rings is 1. The maximum Gasteiger partial charge on any atom is 0.224 e. The Morgan fingerprint density at radius 2 is 1.62 bits per heavy atom. The average molecular weight is 349 g/mol. The lowest BCUT2D eigenvalue weighted by Crippen LogP contribution is -2.47. The zero-order valence-electron chi connectivity index (χ0n) is 15.2. The summed E-state index contributed by atoms with van der Waals surface area (Å²) < 4.78 is 0. The lowest BCUT2D eigenvalue weighted by molar-refractivity contribution is 0.641. The Kier molecular flexibility index (Phi) is 4.51. The van der Waals surface area contributed by atoms with Crippen LogP contribution in [0.3, 0.4) is 0 Å². The van der Waals surface area contributed by atoms with E-state index in [2.05, 4.69) is 37.0 Å². The van der Waals surface area contributed by atoms with Gasteiger partial charge < -0.3 is 15.1 Å². The SMILES string of the molecule is CCNc1nc(C)cc(N2CCN(c3cnc4ccccc4n3)CC2)n1. The third-order valence-corrected chi connectivity index (χ3v) is 4.54. The summed E-state index contributed by atoms with van der Waals surface area (Å²) in [5.74, 6) is 2.62. The van der Waals surface area contributed by atoms with Gasteiger partial charge in [0.05, 0.1) is 17.2 Å².